The summed E-state index contributed by atoms with van der Waals surface area (Å²) in [5, 5.41) is 3.00. The summed E-state index contributed by atoms with van der Waals surface area (Å²) in [4.78, 5) is 19.1. The maximum atomic E-state index is 12.5. The molecule has 0 atom stereocenters. The number of hydrogen-bond acceptors (Lipinski definition) is 4. The lowest BCUT2D eigenvalue weighted by molar-refractivity contribution is -0.120. The quantitative estimate of drug-likeness (QED) is 0.706. The largest absolute Gasteiger partial charge is 0.423 e. The highest BCUT2D eigenvalue weighted by atomic mass is 79.9. The molecule has 1 amide bonds. The van der Waals surface area contributed by atoms with E-state index in [2.05, 4.69) is 31.1 Å². The second-order valence-corrected chi connectivity index (χ2v) is 7.14. The van der Waals surface area contributed by atoms with Gasteiger partial charge in [-0.3, -0.25) is 4.79 Å². The van der Waals surface area contributed by atoms with Crippen LogP contribution in [0.2, 0.25) is 0 Å². The number of hydrogen-bond donors (Lipinski definition) is 1. The summed E-state index contributed by atoms with van der Waals surface area (Å²) in [5.74, 6) is 0.101. The van der Waals surface area contributed by atoms with Crippen LogP contribution in [0.5, 0.6) is 0 Å². The zero-order valence-electron chi connectivity index (χ0n) is 13.6. The number of benzene rings is 2. The Morgan fingerprint density at radius 1 is 1.12 bits per heavy atom. The third kappa shape index (κ3) is 3.54. The van der Waals surface area contributed by atoms with Crippen LogP contribution in [-0.2, 0) is 4.79 Å². The van der Waals surface area contributed by atoms with Gasteiger partial charge in [0.2, 0.25) is 5.91 Å². The summed E-state index contributed by atoms with van der Waals surface area (Å²) in [5.41, 5.74) is 2.50. The van der Waals surface area contributed by atoms with E-state index in [4.69, 9.17) is 4.42 Å². The van der Waals surface area contributed by atoms with Crippen LogP contribution in [0.4, 0.5) is 11.7 Å². The standard InChI is InChI=1S/C19H18BrN3O2/c20-14-5-7-15(8-6-14)21-18(24)13-9-11-23(12-10-13)19-22-16-3-1-2-4-17(16)25-19/h1-8,13H,9-12H2,(H,21,24). The van der Waals surface area contributed by atoms with Crippen LogP contribution >= 0.6 is 15.9 Å². The minimum atomic E-state index is 0.0178. The molecule has 0 radical (unpaired) electrons. The molecule has 1 aliphatic heterocycles. The van der Waals surface area contributed by atoms with Gasteiger partial charge in [0.25, 0.3) is 6.01 Å². The van der Waals surface area contributed by atoms with Crippen LogP contribution in [0, 0.1) is 5.92 Å². The van der Waals surface area contributed by atoms with Gasteiger partial charge >= 0.3 is 0 Å². The van der Waals surface area contributed by atoms with Crippen LogP contribution in [0.25, 0.3) is 11.1 Å². The Morgan fingerprint density at radius 2 is 1.84 bits per heavy atom. The molecular weight excluding hydrogens is 382 g/mol. The maximum absolute atomic E-state index is 12.5. The van der Waals surface area contributed by atoms with E-state index in [0.717, 1.165) is 47.2 Å². The number of nitrogens with one attached hydrogen (secondary N) is 1. The molecule has 0 bridgehead atoms. The monoisotopic (exact) mass is 399 g/mol. The highest BCUT2D eigenvalue weighted by Gasteiger charge is 2.27. The fraction of sp³-hybridized carbons (Fsp3) is 0.263. The molecular formula is C19H18BrN3O2. The van der Waals surface area contributed by atoms with Crippen molar-refractivity contribution in [3.8, 4) is 0 Å². The molecule has 0 spiro atoms. The summed E-state index contributed by atoms with van der Waals surface area (Å²) in [6.45, 7) is 1.54. The van der Waals surface area contributed by atoms with Crippen molar-refractivity contribution in [2.75, 3.05) is 23.3 Å². The third-order valence-electron chi connectivity index (χ3n) is 4.53. The van der Waals surface area contributed by atoms with Crippen LogP contribution in [-0.4, -0.2) is 24.0 Å². The first-order valence-corrected chi connectivity index (χ1v) is 9.15. The van der Waals surface area contributed by atoms with Gasteiger partial charge in [0, 0.05) is 29.2 Å². The van der Waals surface area contributed by atoms with E-state index >= 15 is 0 Å². The first-order chi connectivity index (χ1) is 12.2. The average Bonchev–Trinajstić information content (AvgIpc) is 3.08. The van der Waals surface area contributed by atoms with Gasteiger partial charge in [0.05, 0.1) is 0 Å². The van der Waals surface area contributed by atoms with Crippen LogP contribution in [0.1, 0.15) is 12.8 Å². The lowest BCUT2D eigenvalue weighted by atomic mass is 9.96. The molecule has 2 heterocycles. The van der Waals surface area contributed by atoms with E-state index < -0.39 is 0 Å². The average molecular weight is 400 g/mol. The van der Waals surface area contributed by atoms with Gasteiger partial charge in [0.1, 0.15) is 5.52 Å². The van der Waals surface area contributed by atoms with Crippen molar-refractivity contribution in [1.82, 2.24) is 4.98 Å². The Bertz CT molecular complexity index is 850. The van der Waals surface area contributed by atoms with Crippen molar-refractivity contribution < 1.29 is 9.21 Å². The van der Waals surface area contributed by atoms with Gasteiger partial charge in [-0.1, -0.05) is 28.1 Å². The molecule has 0 saturated carbocycles. The summed E-state index contributed by atoms with van der Waals surface area (Å²) < 4.78 is 6.82. The summed E-state index contributed by atoms with van der Waals surface area (Å²) in [6.07, 6.45) is 1.59. The maximum Gasteiger partial charge on any atom is 0.298 e. The van der Waals surface area contributed by atoms with Crippen molar-refractivity contribution in [2.45, 2.75) is 12.8 Å². The van der Waals surface area contributed by atoms with Crippen LogP contribution < -0.4 is 10.2 Å². The number of oxazole rings is 1. The second-order valence-electron chi connectivity index (χ2n) is 6.22. The fourth-order valence-corrected chi connectivity index (χ4v) is 3.37. The van der Waals surface area contributed by atoms with Gasteiger partial charge < -0.3 is 14.6 Å². The number of fused-ring (bicyclic) bond motifs is 1. The minimum Gasteiger partial charge on any atom is -0.423 e. The normalized spacial score (nSPS) is 15.5. The van der Waals surface area contributed by atoms with E-state index in [0.29, 0.717) is 6.01 Å². The third-order valence-corrected chi connectivity index (χ3v) is 5.06. The predicted molar refractivity (Wildman–Crippen MR) is 102 cm³/mol. The van der Waals surface area contributed by atoms with Crippen LogP contribution in [0.3, 0.4) is 0 Å². The number of halogens is 1. The Balaban J connectivity index is 1.37. The van der Waals surface area contributed by atoms with E-state index in [1.54, 1.807) is 0 Å². The molecule has 5 nitrogen and oxygen atoms in total. The fourth-order valence-electron chi connectivity index (χ4n) is 3.11. The summed E-state index contributed by atoms with van der Waals surface area (Å²) >= 11 is 3.40. The highest BCUT2D eigenvalue weighted by Crippen LogP contribution is 2.27. The molecule has 1 aliphatic rings. The highest BCUT2D eigenvalue weighted by molar-refractivity contribution is 9.10. The van der Waals surface area contributed by atoms with Gasteiger partial charge in [-0.15, -0.1) is 0 Å². The SMILES string of the molecule is O=C(Nc1ccc(Br)cc1)C1CCN(c2nc3ccccc3o2)CC1. The zero-order valence-corrected chi connectivity index (χ0v) is 15.2. The number of carbonyl (C=O) groups excluding carboxylic acids is 1. The molecule has 1 fully saturated rings. The number of carbonyl (C=O) groups is 1. The van der Waals surface area contributed by atoms with Crippen molar-refractivity contribution in [1.29, 1.82) is 0 Å². The lowest BCUT2D eigenvalue weighted by Gasteiger charge is -2.30. The first kappa shape index (κ1) is 16.1. The molecule has 4 rings (SSSR count). The molecule has 1 N–H and O–H groups in total. The summed E-state index contributed by atoms with van der Waals surface area (Å²) in [7, 11) is 0. The Kier molecular flexibility index (Phi) is 4.44. The van der Waals surface area contributed by atoms with E-state index in [9.17, 15) is 4.79 Å². The second kappa shape index (κ2) is 6.88. The Labute approximate surface area is 154 Å². The smallest absolute Gasteiger partial charge is 0.298 e. The molecule has 1 aromatic heterocycles. The van der Waals surface area contributed by atoms with Crippen molar-refractivity contribution in [2.24, 2.45) is 5.92 Å². The Morgan fingerprint density at radius 3 is 2.56 bits per heavy atom. The van der Waals surface area contributed by atoms with Gasteiger partial charge in [-0.25, -0.2) is 0 Å². The molecule has 2 aromatic carbocycles. The molecule has 1 saturated heterocycles. The van der Waals surface area contributed by atoms with E-state index in [-0.39, 0.29) is 11.8 Å². The van der Waals surface area contributed by atoms with Crippen molar-refractivity contribution in [3.63, 3.8) is 0 Å². The molecule has 25 heavy (non-hydrogen) atoms. The molecule has 0 unspecified atom stereocenters. The number of piperidine rings is 1. The number of amides is 1. The van der Waals surface area contributed by atoms with Crippen molar-refractivity contribution >= 4 is 44.6 Å². The molecule has 6 heteroatoms. The van der Waals surface area contributed by atoms with Crippen molar-refractivity contribution in [3.05, 3.63) is 53.0 Å². The van der Waals surface area contributed by atoms with E-state index in [1.165, 1.54) is 0 Å². The number of rotatable bonds is 3. The number of anilines is 2. The zero-order chi connectivity index (χ0) is 17.2. The van der Waals surface area contributed by atoms with Gasteiger partial charge in [-0.05, 0) is 49.2 Å². The van der Waals surface area contributed by atoms with Gasteiger partial charge in [-0.2, -0.15) is 4.98 Å². The minimum absolute atomic E-state index is 0.0178. The molecule has 3 aromatic rings. The Hall–Kier alpha value is -2.34. The number of nitrogens with zero attached hydrogens (tertiary/aromatic N) is 2. The van der Waals surface area contributed by atoms with Gasteiger partial charge in [0.15, 0.2) is 5.58 Å². The van der Waals surface area contributed by atoms with Crippen LogP contribution in [0.15, 0.2) is 57.4 Å². The topological polar surface area (TPSA) is 58.4 Å². The first-order valence-electron chi connectivity index (χ1n) is 8.36. The molecule has 128 valence electrons. The summed E-state index contributed by atoms with van der Waals surface area (Å²) in [6, 6.07) is 16.0. The number of para-hydroxylation sites is 2. The number of aromatic nitrogens is 1. The predicted octanol–water partition coefficient (Wildman–Crippen LogP) is 4.45. The molecule has 0 aliphatic carbocycles. The van der Waals surface area contributed by atoms with E-state index in [1.807, 2.05) is 48.5 Å². The lowest BCUT2D eigenvalue weighted by Crippen LogP contribution is -2.38.